The second kappa shape index (κ2) is 6.77. The van der Waals surface area contributed by atoms with Gasteiger partial charge in [-0.05, 0) is 30.3 Å². The summed E-state index contributed by atoms with van der Waals surface area (Å²) in [6, 6.07) is 7.92. The summed E-state index contributed by atoms with van der Waals surface area (Å²) in [5.74, 6) is -0.575. The molecule has 5 rings (SSSR count). The fourth-order valence-electron chi connectivity index (χ4n) is 3.97. The van der Waals surface area contributed by atoms with Crippen LogP contribution in [0.15, 0.2) is 41.0 Å². The number of halogens is 1. The molecule has 9 heteroatoms. The molecule has 3 aliphatic rings. The van der Waals surface area contributed by atoms with Gasteiger partial charge in [-0.3, -0.25) is 9.69 Å². The molecule has 152 valence electrons. The van der Waals surface area contributed by atoms with E-state index in [0.29, 0.717) is 11.4 Å². The summed E-state index contributed by atoms with van der Waals surface area (Å²) >= 11 is 0. The highest BCUT2D eigenvalue weighted by molar-refractivity contribution is 5.92. The van der Waals surface area contributed by atoms with Crippen LogP contribution in [0.5, 0.6) is 0 Å². The molecule has 0 saturated carbocycles. The van der Waals surface area contributed by atoms with E-state index in [1.165, 1.54) is 17.2 Å². The molecule has 4 heterocycles. The van der Waals surface area contributed by atoms with Crippen LogP contribution in [0.2, 0.25) is 0 Å². The van der Waals surface area contributed by atoms with Crippen molar-refractivity contribution < 1.29 is 27.9 Å². The van der Waals surface area contributed by atoms with Gasteiger partial charge in [0.25, 0.3) is 5.91 Å². The van der Waals surface area contributed by atoms with Crippen LogP contribution in [-0.4, -0.2) is 57.5 Å². The molecule has 0 unspecified atom stereocenters. The lowest BCUT2D eigenvalue weighted by atomic mass is 9.78. The maximum atomic E-state index is 14.7. The van der Waals surface area contributed by atoms with Crippen LogP contribution in [0.3, 0.4) is 0 Å². The highest BCUT2D eigenvalue weighted by Crippen LogP contribution is 2.41. The predicted octanol–water partition coefficient (Wildman–Crippen LogP) is 2.01. The average molecular weight is 401 g/mol. The molecule has 1 N–H and O–H groups in total. The van der Waals surface area contributed by atoms with Crippen molar-refractivity contribution in [2.75, 3.05) is 49.2 Å². The van der Waals surface area contributed by atoms with E-state index in [-0.39, 0.29) is 36.0 Å². The molecule has 2 aromatic rings. The lowest BCUT2D eigenvalue weighted by Gasteiger charge is -2.56. The lowest BCUT2D eigenvalue weighted by Crippen LogP contribution is -2.66. The number of carbonyl (C=O) groups is 2. The molecular weight excluding hydrogens is 381 g/mol. The standard InChI is InChI=1S/C20H20FN3O5/c21-15-6-13(3-4-16(15)23-9-20(10-23)11-27-12-20)24-8-14(29-19(24)26)7-22-18(25)17-2-1-5-28-17/h1-6,14H,7-12H2,(H,22,25)/t14-/m0/s1. The van der Waals surface area contributed by atoms with Crippen molar-refractivity contribution in [3.63, 3.8) is 0 Å². The van der Waals surface area contributed by atoms with Gasteiger partial charge in [-0.1, -0.05) is 0 Å². The number of rotatable bonds is 5. The minimum Gasteiger partial charge on any atom is -0.459 e. The van der Waals surface area contributed by atoms with Crippen LogP contribution >= 0.6 is 0 Å². The molecule has 1 aromatic carbocycles. The quantitative estimate of drug-likeness (QED) is 0.825. The number of furan rings is 1. The Balaban J connectivity index is 1.20. The van der Waals surface area contributed by atoms with Crippen LogP contribution in [-0.2, 0) is 9.47 Å². The highest BCUT2D eigenvalue weighted by Gasteiger charge is 2.49. The van der Waals surface area contributed by atoms with Gasteiger partial charge in [-0.15, -0.1) is 0 Å². The van der Waals surface area contributed by atoms with Crippen LogP contribution in [0.4, 0.5) is 20.6 Å². The molecule has 1 aromatic heterocycles. The largest absolute Gasteiger partial charge is 0.459 e. The van der Waals surface area contributed by atoms with Crippen molar-refractivity contribution in [1.29, 1.82) is 0 Å². The fourth-order valence-corrected chi connectivity index (χ4v) is 3.97. The van der Waals surface area contributed by atoms with Crippen molar-refractivity contribution in [2.24, 2.45) is 5.41 Å². The van der Waals surface area contributed by atoms with Crippen molar-refractivity contribution >= 4 is 23.4 Å². The van der Waals surface area contributed by atoms with Crippen molar-refractivity contribution in [2.45, 2.75) is 6.10 Å². The monoisotopic (exact) mass is 401 g/mol. The Labute approximate surface area is 166 Å². The first-order valence-corrected chi connectivity index (χ1v) is 9.45. The third-order valence-corrected chi connectivity index (χ3v) is 5.56. The summed E-state index contributed by atoms with van der Waals surface area (Å²) in [5.41, 5.74) is 1.15. The Kier molecular flexibility index (Phi) is 4.20. The Bertz CT molecular complexity index is 936. The third-order valence-electron chi connectivity index (χ3n) is 5.56. The number of hydrogen-bond acceptors (Lipinski definition) is 6. The number of amides is 2. The SMILES string of the molecule is O=C(NC[C@H]1CN(c2ccc(N3CC4(COC4)C3)c(F)c2)C(=O)O1)c1ccco1. The van der Waals surface area contributed by atoms with Crippen molar-refractivity contribution in [1.82, 2.24) is 5.32 Å². The van der Waals surface area contributed by atoms with E-state index < -0.39 is 12.2 Å². The zero-order valence-electron chi connectivity index (χ0n) is 15.6. The van der Waals surface area contributed by atoms with Gasteiger partial charge in [-0.25, -0.2) is 9.18 Å². The van der Waals surface area contributed by atoms with Crippen LogP contribution < -0.4 is 15.1 Å². The second-order valence-corrected chi connectivity index (χ2v) is 7.79. The van der Waals surface area contributed by atoms with Gasteiger partial charge in [0.05, 0.1) is 49.4 Å². The number of nitrogens with one attached hydrogen (secondary N) is 1. The number of ether oxygens (including phenoxy) is 2. The Morgan fingerprint density at radius 1 is 1.28 bits per heavy atom. The Hall–Kier alpha value is -3.07. The minimum absolute atomic E-state index is 0.139. The van der Waals surface area contributed by atoms with Gasteiger partial charge < -0.3 is 24.1 Å². The maximum Gasteiger partial charge on any atom is 0.414 e. The maximum absolute atomic E-state index is 14.7. The minimum atomic E-state index is -0.566. The number of nitrogens with zero attached hydrogens (tertiary/aromatic N) is 2. The summed E-state index contributed by atoms with van der Waals surface area (Å²) in [7, 11) is 0. The van der Waals surface area contributed by atoms with E-state index in [1.54, 1.807) is 24.3 Å². The van der Waals surface area contributed by atoms with E-state index in [0.717, 1.165) is 26.3 Å². The fraction of sp³-hybridized carbons (Fsp3) is 0.400. The van der Waals surface area contributed by atoms with Crippen LogP contribution in [0.1, 0.15) is 10.6 Å². The first-order chi connectivity index (χ1) is 14.0. The number of cyclic esters (lactones) is 1. The molecule has 3 aliphatic heterocycles. The van der Waals surface area contributed by atoms with Gasteiger partial charge in [0, 0.05) is 13.1 Å². The van der Waals surface area contributed by atoms with Gasteiger partial charge in [0.2, 0.25) is 0 Å². The first kappa shape index (κ1) is 18.0. The molecular formula is C20H20FN3O5. The summed E-state index contributed by atoms with van der Waals surface area (Å²) < 4.78 is 30.2. The summed E-state index contributed by atoms with van der Waals surface area (Å²) in [4.78, 5) is 27.5. The number of carbonyl (C=O) groups excluding carboxylic acids is 2. The Morgan fingerprint density at radius 2 is 2.10 bits per heavy atom. The molecule has 2 amide bonds. The molecule has 0 radical (unpaired) electrons. The predicted molar refractivity (Wildman–Crippen MR) is 101 cm³/mol. The lowest BCUT2D eigenvalue weighted by molar-refractivity contribution is -0.127. The molecule has 1 spiro atoms. The molecule has 3 saturated heterocycles. The van der Waals surface area contributed by atoms with E-state index in [9.17, 15) is 14.0 Å². The topological polar surface area (TPSA) is 84.2 Å². The smallest absolute Gasteiger partial charge is 0.414 e. The van der Waals surface area contributed by atoms with Gasteiger partial charge in [0.1, 0.15) is 11.9 Å². The first-order valence-electron chi connectivity index (χ1n) is 9.45. The summed E-state index contributed by atoms with van der Waals surface area (Å²) in [6.45, 7) is 3.40. The van der Waals surface area contributed by atoms with Crippen molar-refractivity contribution in [3.05, 3.63) is 48.2 Å². The molecule has 1 atom stereocenters. The van der Waals surface area contributed by atoms with Crippen LogP contribution in [0.25, 0.3) is 0 Å². The van der Waals surface area contributed by atoms with Crippen LogP contribution in [0, 0.1) is 11.2 Å². The van der Waals surface area contributed by atoms with Gasteiger partial charge in [0.15, 0.2) is 5.76 Å². The van der Waals surface area contributed by atoms with E-state index in [1.807, 2.05) is 4.90 Å². The third kappa shape index (κ3) is 3.21. The number of hydrogen-bond donors (Lipinski definition) is 1. The average Bonchev–Trinajstić information content (AvgIpc) is 3.28. The zero-order valence-corrected chi connectivity index (χ0v) is 15.6. The second-order valence-electron chi connectivity index (χ2n) is 7.79. The van der Waals surface area contributed by atoms with Gasteiger partial charge in [-0.2, -0.15) is 0 Å². The Morgan fingerprint density at radius 3 is 2.76 bits per heavy atom. The molecule has 8 nitrogen and oxygen atoms in total. The zero-order chi connectivity index (χ0) is 20.0. The van der Waals surface area contributed by atoms with E-state index >= 15 is 0 Å². The van der Waals surface area contributed by atoms with Crippen molar-refractivity contribution in [3.8, 4) is 0 Å². The van der Waals surface area contributed by atoms with E-state index in [2.05, 4.69) is 5.32 Å². The number of anilines is 2. The molecule has 3 fully saturated rings. The normalized spacial score (nSPS) is 22.2. The summed E-state index contributed by atoms with van der Waals surface area (Å²) in [6.07, 6.45) is 0.312. The van der Waals surface area contributed by atoms with Gasteiger partial charge >= 0.3 is 6.09 Å². The van der Waals surface area contributed by atoms with E-state index in [4.69, 9.17) is 13.9 Å². The molecule has 0 bridgehead atoms. The molecule has 29 heavy (non-hydrogen) atoms. The highest BCUT2D eigenvalue weighted by atomic mass is 19.1. The number of benzene rings is 1. The molecule has 0 aliphatic carbocycles. The summed E-state index contributed by atoms with van der Waals surface area (Å²) in [5, 5.41) is 2.66.